The predicted octanol–water partition coefficient (Wildman–Crippen LogP) is -0.837. The Kier molecular flexibility index (Phi) is 26.6. The fourth-order valence-electron chi connectivity index (χ4n) is 4.85. The molecule has 0 radical (unpaired) electrons. The Hall–Kier alpha value is -0.930. The van der Waals surface area contributed by atoms with E-state index >= 15 is 0 Å². The van der Waals surface area contributed by atoms with Gasteiger partial charge in [-0.3, -0.25) is 29.0 Å². The van der Waals surface area contributed by atoms with E-state index in [1.54, 1.807) is 60.7 Å². The fraction of sp³-hybridized carbons (Fsp3) is 0.219. The Morgan fingerprint density at radius 1 is 0.577 bits per heavy atom. The van der Waals surface area contributed by atoms with E-state index in [4.69, 9.17) is 15.5 Å². The first kappa shape index (κ1) is 53.2. The number of hydrogen-bond acceptors (Lipinski definition) is 11. The number of nitrogens with zero attached hydrogens (tertiary/aromatic N) is 5. The summed E-state index contributed by atoms with van der Waals surface area (Å²) in [6.45, 7) is -2.05. The molecular weight excluding hydrogens is 727 g/mol. The summed E-state index contributed by atoms with van der Waals surface area (Å²) in [5.41, 5.74) is 10.5. The summed E-state index contributed by atoms with van der Waals surface area (Å²) < 4.78 is 5.30. The van der Waals surface area contributed by atoms with Crippen LogP contribution in [0.25, 0.3) is 33.9 Å². The molecule has 0 fully saturated rings. The first-order chi connectivity index (χ1) is 22.4. The van der Waals surface area contributed by atoms with Gasteiger partial charge >= 0.3 is 172 Å². The van der Waals surface area contributed by atoms with Crippen molar-refractivity contribution in [2.24, 2.45) is 0 Å². The number of ether oxygens (including phenoxy) is 1. The summed E-state index contributed by atoms with van der Waals surface area (Å²) in [6.07, 6.45) is 0. The molecule has 0 bridgehead atoms. The minimum atomic E-state index is -1.18. The molecule has 0 saturated heterocycles. The SMILES string of the molecule is COc1ccc(-c2cc(-c3cccc(CN(CC(=O)O)CC(=O)O)n3)nc(-c3cccc(CN(CC(=O)O)CC(=O)O)n3)c2)cc1N.[NaH].[NaH].[NaH].[NaH].[NaH]. The normalized spacial score (nSPS) is 9.98. The number of carbonyl (C=O) groups is 4. The predicted molar refractivity (Wildman–Crippen MR) is 204 cm³/mol. The van der Waals surface area contributed by atoms with Crippen molar-refractivity contribution in [3.63, 3.8) is 0 Å². The number of aromatic nitrogens is 3. The van der Waals surface area contributed by atoms with Crippen molar-refractivity contribution in [3.8, 4) is 39.7 Å². The zero-order chi connectivity index (χ0) is 34.1. The van der Waals surface area contributed by atoms with Crippen molar-refractivity contribution in [2.75, 3.05) is 39.0 Å². The molecule has 1 aromatic carbocycles. The molecule has 52 heavy (non-hydrogen) atoms. The average molecular weight is 765 g/mol. The van der Waals surface area contributed by atoms with E-state index in [0.29, 0.717) is 51.2 Å². The number of anilines is 1. The minimum absolute atomic E-state index is 0. The van der Waals surface area contributed by atoms with Gasteiger partial charge in [-0.15, -0.1) is 0 Å². The molecule has 3 aromatic heterocycles. The Morgan fingerprint density at radius 3 is 1.33 bits per heavy atom. The maximum atomic E-state index is 11.3. The van der Waals surface area contributed by atoms with Crippen LogP contribution in [0, 0.1) is 0 Å². The van der Waals surface area contributed by atoms with Crippen molar-refractivity contribution >= 4 is 177 Å². The van der Waals surface area contributed by atoms with E-state index in [9.17, 15) is 39.6 Å². The second-order valence-corrected chi connectivity index (χ2v) is 10.5. The van der Waals surface area contributed by atoms with Crippen molar-refractivity contribution in [1.29, 1.82) is 0 Å². The van der Waals surface area contributed by atoms with Crippen LogP contribution in [0.1, 0.15) is 11.4 Å². The molecular formula is C32H37N6Na5O9. The van der Waals surface area contributed by atoms with Crippen LogP contribution in [-0.2, 0) is 32.3 Å². The van der Waals surface area contributed by atoms with Crippen LogP contribution in [0.3, 0.4) is 0 Å². The number of benzene rings is 1. The second kappa shape index (κ2) is 26.0. The summed E-state index contributed by atoms with van der Waals surface area (Å²) >= 11 is 0. The van der Waals surface area contributed by atoms with Crippen LogP contribution in [0.5, 0.6) is 5.75 Å². The third kappa shape index (κ3) is 16.8. The first-order valence-electron chi connectivity index (χ1n) is 14.1. The molecule has 254 valence electrons. The van der Waals surface area contributed by atoms with Crippen molar-refractivity contribution < 1.29 is 44.3 Å². The number of nitrogen functional groups attached to an aromatic ring is 1. The van der Waals surface area contributed by atoms with Crippen LogP contribution in [0.2, 0.25) is 0 Å². The van der Waals surface area contributed by atoms with Gasteiger partial charge < -0.3 is 30.9 Å². The molecule has 4 rings (SSSR count). The van der Waals surface area contributed by atoms with Gasteiger partial charge in [-0.1, -0.05) is 18.2 Å². The Balaban J connectivity index is 0. The molecule has 0 spiro atoms. The van der Waals surface area contributed by atoms with Gasteiger partial charge in [0.1, 0.15) is 5.75 Å². The van der Waals surface area contributed by atoms with Gasteiger partial charge in [-0.25, -0.2) is 15.0 Å². The number of rotatable bonds is 16. The molecule has 0 atom stereocenters. The fourth-order valence-corrected chi connectivity index (χ4v) is 4.85. The first-order valence-corrected chi connectivity index (χ1v) is 14.1. The van der Waals surface area contributed by atoms with E-state index in [-0.39, 0.29) is 161 Å². The van der Waals surface area contributed by atoms with Crippen molar-refractivity contribution in [1.82, 2.24) is 24.8 Å². The van der Waals surface area contributed by atoms with Gasteiger partial charge in [-0.2, -0.15) is 0 Å². The van der Waals surface area contributed by atoms with Gasteiger partial charge in [0, 0.05) is 13.1 Å². The molecule has 20 heteroatoms. The van der Waals surface area contributed by atoms with E-state index in [1.807, 2.05) is 6.07 Å². The van der Waals surface area contributed by atoms with Crippen LogP contribution in [0.4, 0.5) is 5.69 Å². The Labute approximate surface area is 410 Å². The standard InChI is InChI=1S/C32H32N6O9.5Na.5H/c1-47-28-9-8-19(10-23(28)33)20-11-26(24-6-2-4-21(34-24)13-37(15-29(39)40)16-30(41)42)36-27(12-20)25-7-3-5-22(35-25)14-38(17-31(43)44)18-32(45)46;;;;;;;;;;/h2-12H,13-18,33H2,1H3,(H,39,40)(H,41,42)(H,43,44)(H,45,46);;;;;;;;;;. The number of carboxylic acids is 4. The number of hydrogen-bond donors (Lipinski definition) is 5. The molecule has 3 heterocycles. The summed E-state index contributed by atoms with van der Waals surface area (Å²) in [6, 6.07) is 19.0. The van der Waals surface area contributed by atoms with E-state index in [0.717, 1.165) is 5.56 Å². The van der Waals surface area contributed by atoms with Crippen LogP contribution < -0.4 is 10.5 Å². The Morgan fingerprint density at radius 2 is 0.981 bits per heavy atom. The van der Waals surface area contributed by atoms with Crippen LogP contribution in [0.15, 0.2) is 66.7 Å². The third-order valence-corrected chi connectivity index (χ3v) is 6.73. The second-order valence-electron chi connectivity index (χ2n) is 10.5. The molecule has 0 aliphatic heterocycles. The molecule has 0 aliphatic rings. The van der Waals surface area contributed by atoms with E-state index in [2.05, 4.69) is 9.97 Å². The van der Waals surface area contributed by atoms with Crippen molar-refractivity contribution in [3.05, 3.63) is 78.1 Å². The van der Waals surface area contributed by atoms with Gasteiger partial charge in [-0.05, 0) is 59.7 Å². The zero-order valence-electron chi connectivity index (χ0n) is 25.2. The van der Waals surface area contributed by atoms with Crippen LogP contribution >= 0.6 is 0 Å². The monoisotopic (exact) mass is 764 g/mol. The molecule has 4 aromatic rings. The summed E-state index contributed by atoms with van der Waals surface area (Å²) in [5.74, 6) is -4.22. The maximum absolute atomic E-state index is 11.3. The number of methoxy groups -OCH3 is 1. The summed E-state index contributed by atoms with van der Waals surface area (Å²) in [5, 5.41) is 37.0. The van der Waals surface area contributed by atoms with Gasteiger partial charge in [0.2, 0.25) is 0 Å². The molecule has 0 aliphatic carbocycles. The number of nitrogens with two attached hydrogens (primary N) is 1. The molecule has 0 saturated carbocycles. The quantitative estimate of drug-likeness (QED) is 0.0693. The summed E-state index contributed by atoms with van der Waals surface area (Å²) in [7, 11) is 1.51. The topological polar surface area (TPSA) is 230 Å². The number of carboxylic acid groups (broad SMARTS) is 4. The zero-order valence-corrected chi connectivity index (χ0v) is 25.2. The number of aliphatic carboxylic acids is 4. The molecule has 6 N–H and O–H groups in total. The van der Waals surface area contributed by atoms with Crippen molar-refractivity contribution in [2.45, 2.75) is 13.1 Å². The van der Waals surface area contributed by atoms with Gasteiger partial charge in [0.15, 0.2) is 0 Å². The Bertz CT molecular complexity index is 1690. The average Bonchev–Trinajstić information content (AvgIpc) is 2.99. The van der Waals surface area contributed by atoms with Gasteiger partial charge in [0.25, 0.3) is 0 Å². The third-order valence-electron chi connectivity index (χ3n) is 6.73. The summed E-state index contributed by atoms with van der Waals surface area (Å²) in [4.78, 5) is 61.8. The van der Waals surface area contributed by atoms with E-state index < -0.39 is 50.1 Å². The van der Waals surface area contributed by atoms with E-state index in [1.165, 1.54) is 16.9 Å². The molecule has 15 nitrogen and oxygen atoms in total. The van der Waals surface area contributed by atoms with Gasteiger partial charge in [0.05, 0.1) is 73.1 Å². The molecule has 0 unspecified atom stereocenters. The van der Waals surface area contributed by atoms with Crippen LogP contribution in [-0.4, -0.2) is 250 Å². The number of pyridine rings is 3. The molecule has 0 amide bonds.